The smallest absolute Gasteiger partial charge is 0.389 e. The molecule has 0 rings (SSSR count). The molecule has 0 aromatic rings. The van der Waals surface area contributed by atoms with Crippen LogP contribution in [-0.4, -0.2) is 30.0 Å². The first-order chi connectivity index (χ1) is 6.37. The van der Waals surface area contributed by atoms with Crippen LogP contribution in [0.1, 0.15) is 26.2 Å². The van der Waals surface area contributed by atoms with Crippen LogP contribution in [0.25, 0.3) is 0 Å². The molecule has 1 atom stereocenters. The third kappa shape index (κ3) is 6.71. The number of carboxylic acids is 1. The second-order valence-corrected chi connectivity index (χ2v) is 2.82. The minimum atomic E-state index is -4.20. The molecule has 1 unspecified atom stereocenters. The fraction of sp³-hybridized carbons (Fsp3) is 0.875. The zero-order valence-electron chi connectivity index (χ0n) is 7.80. The molecule has 0 amide bonds. The van der Waals surface area contributed by atoms with Crippen LogP contribution >= 0.6 is 0 Å². The van der Waals surface area contributed by atoms with Gasteiger partial charge in [0.1, 0.15) is 0 Å². The molecule has 0 saturated carbocycles. The van der Waals surface area contributed by atoms with Gasteiger partial charge in [-0.15, -0.1) is 0 Å². The Labute approximate surface area is 79.9 Å². The maximum atomic E-state index is 11.6. The number of aliphatic carboxylic acids is 1. The van der Waals surface area contributed by atoms with Crippen molar-refractivity contribution in [3.8, 4) is 0 Å². The molecule has 84 valence electrons. The fourth-order valence-corrected chi connectivity index (χ4v) is 0.862. The van der Waals surface area contributed by atoms with E-state index in [-0.39, 0.29) is 19.4 Å². The minimum Gasteiger partial charge on any atom is -0.479 e. The predicted molar refractivity (Wildman–Crippen MR) is 43.0 cm³/mol. The lowest BCUT2D eigenvalue weighted by atomic mass is 10.3. The lowest BCUT2D eigenvalue weighted by Gasteiger charge is -2.11. The molecule has 0 bridgehead atoms. The van der Waals surface area contributed by atoms with E-state index >= 15 is 0 Å². The molecule has 0 saturated heterocycles. The normalized spacial score (nSPS) is 14.0. The van der Waals surface area contributed by atoms with Gasteiger partial charge in [-0.3, -0.25) is 0 Å². The summed E-state index contributed by atoms with van der Waals surface area (Å²) in [6.45, 7) is 1.42. The molecule has 0 spiro atoms. The van der Waals surface area contributed by atoms with Crippen molar-refractivity contribution in [1.29, 1.82) is 0 Å². The van der Waals surface area contributed by atoms with E-state index in [0.717, 1.165) is 0 Å². The maximum absolute atomic E-state index is 11.6. The number of hydrogen-bond donors (Lipinski definition) is 1. The molecule has 0 aromatic heterocycles. The van der Waals surface area contributed by atoms with Crippen molar-refractivity contribution in [3.63, 3.8) is 0 Å². The van der Waals surface area contributed by atoms with Crippen molar-refractivity contribution < 1.29 is 27.8 Å². The van der Waals surface area contributed by atoms with Gasteiger partial charge in [0.2, 0.25) is 0 Å². The van der Waals surface area contributed by atoms with E-state index in [9.17, 15) is 18.0 Å². The lowest BCUT2D eigenvalue weighted by molar-refractivity contribution is -0.153. The first-order valence-corrected chi connectivity index (χ1v) is 4.28. The minimum absolute atomic E-state index is 0.176. The largest absolute Gasteiger partial charge is 0.479 e. The van der Waals surface area contributed by atoms with Crippen LogP contribution in [0.2, 0.25) is 0 Å². The Bertz CT molecular complexity index is 179. The van der Waals surface area contributed by atoms with E-state index in [2.05, 4.69) is 0 Å². The molecule has 0 fully saturated rings. The molecule has 0 aromatic carbocycles. The van der Waals surface area contributed by atoms with Gasteiger partial charge in [0.25, 0.3) is 0 Å². The number of carbonyl (C=O) groups is 1. The molecule has 1 N–H and O–H groups in total. The molecule has 0 heterocycles. The monoisotopic (exact) mass is 214 g/mol. The van der Waals surface area contributed by atoms with E-state index in [0.29, 0.717) is 0 Å². The van der Waals surface area contributed by atoms with E-state index in [1.54, 1.807) is 6.92 Å². The zero-order chi connectivity index (χ0) is 11.2. The molecule has 14 heavy (non-hydrogen) atoms. The van der Waals surface area contributed by atoms with Gasteiger partial charge in [-0.1, -0.05) is 6.92 Å². The topological polar surface area (TPSA) is 46.5 Å². The number of alkyl halides is 3. The molecular weight excluding hydrogens is 201 g/mol. The SMILES string of the molecule is CCC(OCCCC(F)(F)F)C(=O)O. The Morgan fingerprint density at radius 3 is 2.43 bits per heavy atom. The van der Waals surface area contributed by atoms with Gasteiger partial charge in [-0.2, -0.15) is 13.2 Å². The van der Waals surface area contributed by atoms with Crippen LogP contribution in [0, 0.1) is 0 Å². The average molecular weight is 214 g/mol. The van der Waals surface area contributed by atoms with Gasteiger partial charge in [-0.25, -0.2) is 4.79 Å². The Morgan fingerprint density at radius 1 is 1.50 bits per heavy atom. The summed E-state index contributed by atoms with van der Waals surface area (Å²) in [7, 11) is 0. The summed E-state index contributed by atoms with van der Waals surface area (Å²) in [5.41, 5.74) is 0. The van der Waals surface area contributed by atoms with Gasteiger partial charge < -0.3 is 9.84 Å². The van der Waals surface area contributed by atoms with Crippen molar-refractivity contribution in [1.82, 2.24) is 0 Å². The van der Waals surface area contributed by atoms with Crippen LogP contribution in [-0.2, 0) is 9.53 Å². The Hall–Kier alpha value is -0.780. The summed E-state index contributed by atoms with van der Waals surface area (Å²) in [4.78, 5) is 10.4. The third-order valence-corrected chi connectivity index (χ3v) is 1.57. The maximum Gasteiger partial charge on any atom is 0.389 e. The van der Waals surface area contributed by atoms with Crippen LogP contribution in [0.15, 0.2) is 0 Å². The fourth-order valence-electron chi connectivity index (χ4n) is 0.862. The predicted octanol–water partition coefficient (Wildman–Crippen LogP) is 2.21. The van der Waals surface area contributed by atoms with E-state index in [1.807, 2.05) is 0 Å². The highest BCUT2D eigenvalue weighted by molar-refractivity contribution is 5.72. The first-order valence-electron chi connectivity index (χ1n) is 4.28. The molecule has 0 aliphatic rings. The second kappa shape index (κ2) is 5.85. The molecule has 6 heteroatoms. The third-order valence-electron chi connectivity index (χ3n) is 1.57. The summed E-state index contributed by atoms with van der Waals surface area (Å²) in [6.07, 6.45) is -6.09. The average Bonchev–Trinajstić information content (AvgIpc) is 2.01. The van der Waals surface area contributed by atoms with Crippen LogP contribution in [0.4, 0.5) is 13.2 Å². The van der Waals surface area contributed by atoms with E-state index in [1.165, 1.54) is 0 Å². The highest BCUT2D eigenvalue weighted by Crippen LogP contribution is 2.21. The van der Waals surface area contributed by atoms with Crippen molar-refractivity contribution in [2.24, 2.45) is 0 Å². The van der Waals surface area contributed by atoms with Gasteiger partial charge >= 0.3 is 12.1 Å². The van der Waals surface area contributed by atoms with Crippen LogP contribution < -0.4 is 0 Å². The number of carboxylic acid groups (broad SMARTS) is 1. The summed E-state index contributed by atoms with van der Waals surface area (Å²) in [5, 5.41) is 8.49. The van der Waals surface area contributed by atoms with Crippen molar-refractivity contribution in [3.05, 3.63) is 0 Å². The van der Waals surface area contributed by atoms with Crippen LogP contribution in [0.3, 0.4) is 0 Å². The summed E-state index contributed by atoms with van der Waals surface area (Å²) >= 11 is 0. The molecule has 0 radical (unpaired) electrons. The van der Waals surface area contributed by atoms with E-state index in [4.69, 9.17) is 9.84 Å². The van der Waals surface area contributed by atoms with Gasteiger partial charge in [0.15, 0.2) is 6.10 Å². The summed E-state index contributed by atoms with van der Waals surface area (Å²) < 4.78 is 39.7. The summed E-state index contributed by atoms with van der Waals surface area (Å²) in [5.74, 6) is -1.14. The number of hydrogen-bond acceptors (Lipinski definition) is 2. The Morgan fingerprint density at radius 2 is 2.07 bits per heavy atom. The van der Waals surface area contributed by atoms with Gasteiger partial charge in [0, 0.05) is 13.0 Å². The Kier molecular flexibility index (Phi) is 5.52. The summed E-state index contributed by atoms with van der Waals surface area (Å²) in [6, 6.07) is 0. The molecule has 0 aliphatic carbocycles. The van der Waals surface area contributed by atoms with Crippen molar-refractivity contribution in [2.75, 3.05) is 6.61 Å². The standard InChI is InChI=1S/C8H13F3O3/c1-2-6(7(12)13)14-5-3-4-8(9,10)11/h6H,2-5H2,1H3,(H,12,13). The second-order valence-electron chi connectivity index (χ2n) is 2.82. The molecule has 3 nitrogen and oxygen atoms in total. The number of rotatable bonds is 6. The van der Waals surface area contributed by atoms with Crippen LogP contribution in [0.5, 0.6) is 0 Å². The van der Waals surface area contributed by atoms with Crippen molar-refractivity contribution in [2.45, 2.75) is 38.5 Å². The highest BCUT2D eigenvalue weighted by atomic mass is 19.4. The molecular formula is C8H13F3O3. The number of ether oxygens (including phenoxy) is 1. The Balaban J connectivity index is 3.58. The zero-order valence-corrected chi connectivity index (χ0v) is 7.80. The van der Waals surface area contributed by atoms with Gasteiger partial charge in [-0.05, 0) is 12.8 Å². The highest BCUT2D eigenvalue weighted by Gasteiger charge is 2.26. The number of halogens is 3. The van der Waals surface area contributed by atoms with Gasteiger partial charge in [0.05, 0.1) is 0 Å². The van der Waals surface area contributed by atoms with Crippen molar-refractivity contribution >= 4 is 5.97 Å². The lowest BCUT2D eigenvalue weighted by Crippen LogP contribution is -2.23. The first kappa shape index (κ1) is 13.2. The van der Waals surface area contributed by atoms with E-state index < -0.39 is 24.7 Å². The molecule has 0 aliphatic heterocycles. The quantitative estimate of drug-likeness (QED) is 0.689.